The number of piperazine rings is 1. The topological polar surface area (TPSA) is 45.7 Å². The van der Waals surface area contributed by atoms with Gasteiger partial charge in [0.15, 0.2) is 0 Å². The summed E-state index contributed by atoms with van der Waals surface area (Å²) in [4.78, 5) is 20.9. The first-order valence-electron chi connectivity index (χ1n) is 9.08. The van der Waals surface area contributed by atoms with Crippen molar-refractivity contribution in [2.45, 2.75) is 33.3 Å². The predicted molar refractivity (Wildman–Crippen MR) is 104 cm³/mol. The summed E-state index contributed by atoms with van der Waals surface area (Å²) in [5, 5.41) is 0. The Balaban J connectivity index is 1.69. The summed E-state index contributed by atoms with van der Waals surface area (Å²) in [6, 6.07) is 12.5. The molecule has 1 amide bonds. The minimum absolute atomic E-state index is 0.232. The first-order valence-corrected chi connectivity index (χ1v) is 9.08. The summed E-state index contributed by atoms with van der Waals surface area (Å²) in [5.74, 6) is 0. The standard InChI is InChI=1S/C21H27N3O2/c1-16-19(17-8-6-5-7-9-17)14-18(15-22-16)23-10-12-24(13-11-23)20(25)26-21(2,3)4/h5-9,14-15H,10-13H2,1-4H3. The molecular formula is C21H27N3O2. The summed E-state index contributed by atoms with van der Waals surface area (Å²) >= 11 is 0. The van der Waals surface area contributed by atoms with Crippen LogP contribution in [0.15, 0.2) is 42.6 Å². The Hall–Kier alpha value is -2.56. The number of anilines is 1. The van der Waals surface area contributed by atoms with Crippen LogP contribution in [0.4, 0.5) is 10.5 Å². The first-order chi connectivity index (χ1) is 12.3. The molecule has 1 aliphatic rings. The fraction of sp³-hybridized carbons (Fsp3) is 0.429. The second-order valence-corrected chi connectivity index (χ2v) is 7.65. The molecule has 0 saturated carbocycles. The van der Waals surface area contributed by atoms with E-state index in [0.717, 1.165) is 30.0 Å². The monoisotopic (exact) mass is 353 g/mol. The lowest BCUT2D eigenvalue weighted by molar-refractivity contribution is 0.0240. The van der Waals surface area contributed by atoms with Crippen molar-refractivity contribution < 1.29 is 9.53 Å². The molecule has 2 heterocycles. The van der Waals surface area contributed by atoms with Crippen LogP contribution in [0.5, 0.6) is 0 Å². The van der Waals surface area contributed by atoms with Gasteiger partial charge in [-0.05, 0) is 39.3 Å². The lowest BCUT2D eigenvalue weighted by Gasteiger charge is -2.36. The van der Waals surface area contributed by atoms with Gasteiger partial charge in [0.1, 0.15) is 5.60 Å². The molecule has 5 nitrogen and oxygen atoms in total. The molecule has 1 aromatic heterocycles. The molecule has 2 aromatic rings. The second-order valence-electron chi connectivity index (χ2n) is 7.65. The van der Waals surface area contributed by atoms with E-state index in [1.807, 2.05) is 52.1 Å². The second kappa shape index (κ2) is 7.36. The maximum Gasteiger partial charge on any atom is 0.410 e. The van der Waals surface area contributed by atoms with Crippen LogP contribution in [0.2, 0.25) is 0 Å². The van der Waals surface area contributed by atoms with Crippen LogP contribution in [0.25, 0.3) is 11.1 Å². The maximum atomic E-state index is 12.2. The Labute approximate surface area is 155 Å². The molecule has 0 atom stereocenters. The van der Waals surface area contributed by atoms with E-state index in [2.05, 4.69) is 28.1 Å². The van der Waals surface area contributed by atoms with E-state index >= 15 is 0 Å². The number of carbonyl (C=O) groups is 1. The zero-order valence-corrected chi connectivity index (χ0v) is 16.0. The van der Waals surface area contributed by atoms with E-state index in [4.69, 9.17) is 4.74 Å². The highest BCUT2D eigenvalue weighted by Crippen LogP contribution is 2.27. The number of benzene rings is 1. The van der Waals surface area contributed by atoms with Crippen LogP contribution in [0, 0.1) is 6.92 Å². The molecule has 0 N–H and O–H groups in total. The molecule has 1 saturated heterocycles. The summed E-state index contributed by atoms with van der Waals surface area (Å²) in [5.41, 5.74) is 3.98. The van der Waals surface area contributed by atoms with Crippen molar-refractivity contribution in [2.24, 2.45) is 0 Å². The van der Waals surface area contributed by atoms with Crippen molar-refractivity contribution in [3.8, 4) is 11.1 Å². The number of nitrogens with zero attached hydrogens (tertiary/aromatic N) is 3. The molecule has 1 aromatic carbocycles. The zero-order valence-electron chi connectivity index (χ0n) is 16.0. The third-order valence-corrected chi connectivity index (χ3v) is 4.45. The molecule has 138 valence electrons. The highest BCUT2D eigenvalue weighted by atomic mass is 16.6. The number of hydrogen-bond donors (Lipinski definition) is 0. The number of pyridine rings is 1. The molecular weight excluding hydrogens is 326 g/mol. The quantitative estimate of drug-likeness (QED) is 0.815. The third-order valence-electron chi connectivity index (χ3n) is 4.45. The summed E-state index contributed by atoms with van der Waals surface area (Å²) in [6.07, 6.45) is 1.69. The fourth-order valence-corrected chi connectivity index (χ4v) is 3.08. The zero-order chi connectivity index (χ0) is 18.7. The molecule has 3 rings (SSSR count). The van der Waals surface area contributed by atoms with Crippen molar-refractivity contribution in [3.05, 3.63) is 48.3 Å². The highest BCUT2D eigenvalue weighted by Gasteiger charge is 2.26. The largest absolute Gasteiger partial charge is 0.444 e. The van der Waals surface area contributed by atoms with Crippen LogP contribution in [0.1, 0.15) is 26.5 Å². The van der Waals surface area contributed by atoms with Crippen LogP contribution >= 0.6 is 0 Å². The van der Waals surface area contributed by atoms with Crippen molar-refractivity contribution in [2.75, 3.05) is 31.1 Å². The van der Waals surface area contributed by atoms with Crippen molar-refractivity contribution in [1.82, 2.24) is 9.88 Å². The fourth-order valence-electron chi connectivity index (χ4n) is 3.08. The number of hydrogen-bond acceptors (Lipinski definition) is 4. The lowest BCUT2D eigenvalue weighted by atomic mass is 10.0. The van der Waals surface area contributed by atoms with Crippen LogP contribution in [0.3, 0.4) is 0 Å². The number of amides is 1. The molecule has 0 unspecified atom stereocenters. The number of aryl methyl sites for hydroxylation is 1. The number of rotatable bonds is 2. The summed E-state index contributed by atoms with van der Waals surface area (Å²) in [6.45, 7) is 10.6. The molecule has 0 radical (unpaired) electrons. The van der Waals surface area contributed by atoms with Gasteiger partial charge >= 0.3 is 6.09 Å². The minimum Gasteiger partial charge on any atom is -0.444 e. The molecule has 0 bridgehead atoms. The summed E-state index contributed by atoms with van der Waals surface area (Å²) < 4.78 is 5.47. The number of carbonyl (C=O) groups excluding carboxylic acids is 1. The van der Waals surface area contributed by atoms with Crippen molar-refractivity contribution in [3.63, 3.8) is 0 Å². The van der Waals surface area contributed by atoms with Gasteiger partial charge in [0.25, 0.3) is 0 Å². The molecule has 0 aliphatic carbocycles. The Morgan fingerprint density at radius 1 is 1.08 bits per heavy atom. The van der Waals surface area contributed by atoms with E-state index in [0.29, 0.717) is 13.1 Å². The Morgan fingerprint density at radius 2 is 1.73 bits per heavy atom. The first kappa shape index (κ1) is 18.2. The minimum atomic E-state index is -0.459. The van der Waals surface area contributed by atoms with E-state index in [1.165, 1.54) is 5.56 Å². The van der Waals surface area contributed by atoms with Gasteiger partial charge in [-0.3, -0.25) is 4.98 Å². The molecule has 1 fully saturated rings. The summed E-state index contributed by atoms with van der Waals surface area (Å²) in [7, 11) is 0. The van der Waals surface area contributed by atoms with Gasteiger partial charge in [0, 0.05) is 37.4 Å². The van der Waals surface area contributed by atoms with Gasteiger partial charge in [-0.1, -0.05) is 30.3 Å². The lowest BCUT2D eigenvalue weighted by Crippen LogP contribution is -2.50. The molecule has 26 heavy (non-hydrogen) atoms. The van der Waals surface area contributed by atoms with E-state index in [-0.39, 0.29) is 6.09 Å². The van der Waals surface area contributed by atoms with Crippen LogP contribution in [-0.2, 0) is 4.74 Å². The Kier molecular flexibility index (Phi) is 5.16. The smallest absolute Gasteiger partial charge is 0.410 e. The van der Waals surface area contributed by atoms with E-state index in [9.17, 15) is 4.79 Å². The normalized spacial score (nSPS) is 15.1. The van der Waals surface area contributed by atoms with E-state index < -0.39 is 5.60 Å². The van der Waals surface area contributed by atoms with Crippen molar-refractivity contribution >= 4 is 11.8 Å². The van der Waals surface area contributed by atoms with Gasteiger partial charge in [-0.15, -0.1) is 0 Å². The van der Waals surface area contributed by atoms with Gasteiger partial charge in [-0.25, -0.2) is 4.79 Å². The van der Waals surface area contributed by atoms with Crippen LogP contribution in [-0.4, -0.2) is 47.8 Å². The van der Waals surface area contributed by atoms with Gasteiger partial charge in [-0.2, -0.15) is 0 Å². The average molecular weight is 353 g/mol. The number of aromatic nitrogens is 1. The predicted octanol–water partition coefficient (Wildman–Crippen LogP) is 4.11. The van der Waals surface area contributed by atoms with Gasteiger partial charge in [0.2, 0.25) is 0 Å². The van der Waals surface area contributed by atoms with Crippen molar-refractivity contribution in [1.29, 1.82) is 0 Å². The number of ether oxygens (including phenoxy) is 1. The highest BCUT2D eigenvalue weighted by molar-refractivity contribution is 5.71. The molecule has 1 aliphatic heterocycles. The Bertz CT molecular complexity index is 761. The Morgan fingerprint density at radius 3 is 2.35 bits per heavy atom. The maximum absolute atomic E-state index is 12.2. The van der Waals surface area contributed by atoms with Gasteiger partial charge in [0.05, 0.1) is 11.9 Å². The molecule has 5 heteroatoms. The van der Waals surface area contributed by atoms with E-state index in [1.54, 1.807) is 4.90 Å². The third kappa shape index (κ3) is 4.34. The van der Waals surface area contributed by atoms with Gasteiger partial charge < -0.3 is 14.5 Å². The molecule has 0 spiro atoms. The SMILES string of the molecule is Cc1ncc(N2CCN(C(=O)OC(C)(C)C)CC2)cc1-c1ccccc1. The average Bonchev–Trinajstić information content (AvgIpc) is 2.61. The van der Waals surface area contributed by atoms with Crippen LogP contribution < -0.4 is 4.90 Å².